The standard InChI is InChI=1S/C7H10N4O2/c1-2-13-7(12)11-10-6-4-3-5-8-9-6/h3-5H,2H2,1H3,(H,9,10)(H,11,12). The van der Waals surface area contributed by atoms with E-state index < -0.39 is 6.09 Å². The summed E-state index contributed by atoms with van der Waals surface area (Å²) in [6.45, 7) is 2.05. The van der Waals surface area contributed by atoms with Crippen LogP contribution in [-0.4, -0.2) is 22.9 Å². The van der Waals surface area contributed by atoms with E-state index in [1.807, 2.05) is 0 Å². The Hall–Kier alpha value is -1.85. The van der Waals surface area contributed by atoms with Crippen molar-refractivity contribution in [3.8, 4) is 0 Å². The zero-order valence-electron chi connectivity index (χ0n) is 7.15. The van der Waals surface area contributed by atoms with E-state index in [9.17, 15) is 4.79 Å². The number of rotatable bonds is 3. The SMILES string of the molecule is CCOC(=O)NNc1cccnn1. The number of carbonyl (C=O) groups excluding carboxylic acids is 1. The highest BCUT2D eigenvalue weighted by Gasteiger charge is 1.98. The predicted molar refractivity (Wildman–Crippen MR) is 45.8 cm³/mol. The van der Waals surface area contributed by atoms with Crippen LogP contribution in [0.2, 0.25) is 0 Å². The minimum Gasteiger partial charge on any atom is -0.449 e. The quantitative estimate of drug-likeness (QED) is 0.667. The summed E-state index contributed by atoms with van der Waals surface area (Å²) in [5.74, 6) is 0.454. The van der Waals surface area contributed by atoms with Crippen LogP contribution in [0.4, 0.5) is 10.6 Å². The van der Waals surface area contributed by atoms with Crippen molar-refractivity contribution >= 4 is 11.9 Å². The highest BCUT2D eigenvalue weighted by molar-refractivity contribution is 5.68. The molecule has 0 saturated heterocycles. The second-order valence-electron chi connectivity index (χ2n) is 2.08. The largest absolute Gasteiger partial charge is 0.449 e. The molecule has 0 radical (unpaired) electrons. The number of anilines is 1. The summed E-state index contributed by atoms with van der Waals surface area (Å²) in [6, 6.07) is 3.36. The molecule has 6 nitrogen and oxygen atoms in total. The molecule has 1 amide bonds. The Morgan fingerprint density at radius 2 is 2.54 bits per heavy atom. The van der Waals surface area contributed by atoms with Crippen molar-refractivity contribution in [1.82, 2.24) is 15.6 Å². The molecule has 0 fully saturated rings. The van der Waals surface area contributed by atoms with Crippen molar-refractivity contribution in [3.05, 3.63) is 18.3 Å². The molecule has 0 aliphatic carbocycles. The molecular weight excluding hydrogens is 172 g/mol. The molecule has 0 aliphatic rings. The Kier molecular flexibility index (Phi) is 3.49. The zero-order chi connectivity index (χ0) is 9.52. The lowest BCUT2D eigenvalue weighted by molar-refractivity contribution is 0.154. The van der Waals surface area contributed by atoms with Gasteiger partial charge in [0.25, 0.3) is 0 Å². The lowest BCUT2D eigenvalue weighted by Gasteiger charge is -2.05. The summed E-state index contributed by atoms with van der Waals surface area (Å²) in [4.78, 5) is 10.8. The van der Waals surface area contributed by atoms with Gasteiger partial charge in [0.05, 0.1) is 6.61 Å². The van der Waals surface area contributed by atoms with E-state index >= 15 is 0 Å². The van der Waals surface area contributed by atoms with Crippen molar-refractivity contribution in [2.75, 3.05) is 12.0 Å². The number of nitrogens with one attached hydrogen (secondary N) is 2. The van der Waals surface area contributed by atoms with Gasteiger partial charge in [-0.15, -0.1) is 5.10 Å². The Morgan fingerprint density at radius 3 is 3.15 bits per heavy atom. The number of hydrogen-bond acceptors (Lipinski definition) is 5. The average Bonchev–Trinajstić information content (AvgIpc) is 2.17. The fourth-order valence-electron chi connectivity index (χ4n) is 0.650. The number of nitrogens with zero attached hydrogens (tertiary/aromatic N) is 2. The molecule has 2 N–H and O–H groups in total. The highest BCUT2D eigenvalue weighted by Crippen LogP contribution is 1.94. The topological polar surface area (TPSA) is 76.1 Å². The first-order valence-corrected chi connectivity index (χ1v) is 3.79. The van der Waals surface area contributed by atoms with Gasteiger partial charge in [0.1, 0.15) is 0 Å². The molecule has 0 atom stereocenters. The minimum absolute atomic E-state index is 0.327. The molecule has 1 rings (SSSR count). The van der Waals surface area contributed by atoms with Gasteiger partial charge in [-0.2, -0.15) is 5.10 Å². The van der Waals surface area contributed by atoms with Crippen LogP contribution >= 0.6 is 0 Å². The van der Waals surface area contributed by atoms with Crippen LogP contribution in [0.25, 0.3) is 0 Å². The molecule has 1 heterocycles. The Morgan fingerprint density at radius 1 is 1.69 bits per heavy atom. The molecule has 0 unspecified atom stereocenters. The maximum Gasteiger partial charge on any atom is 0.425 e. The molecular formula is C7H10N4O2. The van der Waals surface area contributed by atoms with Gasteiger partial charge in [0.2, 0.25) is 0 Å². The number of ether oxygens (including phenoxy) is 1. The van der Waals surface area contributed by atoms with Gasteiger partial charge in [-0.3, -0.25) is 5.43 Å². The zero-order valence-corrected chi connectivity index (χ0v) is 7.15. The normalized spacial score (nSPS) is 9.00. The van der Waals surface area contributed by atoms with Crippen molar-refractivity contribution < 1.29 is 9.53 Å². The van der Waals surface area contributed by atoms with Gasteiger partial charge in [0, 0.05) is 6.20 Å². The van der Waals surface area contributed by atoms with Gasteiger partial charge >= 0.3 is 6.09 Å². The maximum absolute atomic E-state index is 10.8. The predicted octanol–water partition coefficient (Wildman–Crippen LogP) is 0.550. The third-order valence-electron chi connectivity index (χ3n) is 1.14. The molecule has 1 aromatic heterocycles. The van der Waals surface area contributed by atoms with Gasteiger partial charge in [-0.1, -0.05) is 0 Å². The average molecular weight is 182 g/mol. The molecule has 0 bridgehead atoms. The van der Waals surface area contributed by atoms with Crippen molar-refractivity contribution in [1.29, 1.82) is 0 Å². The molecule has 0 spiro atoms. The van der Waals surface area contributed by atoms with Crippen LogP contribution in [0, 0.1) is 0 Å². The summed E-state index contributed by atoms with van der Waals surface area (Å²) in [6.07, 6.45) is 0.989. The number of amides is 1. The van der Waals surface area contributed by atoms with E-state index in [2.05, 4.69) is 25.8 Å². The smallest absolute Gasteiger partial charge is 0.425 e. The lowest BCUT2D eigenvalue weighted by Crippen LogP contribution is -2.30. The molecule has 0 aliphatic heterocycles. The number of aromatic nitrogens is 2. The molecule has 0 saturated carbocycles. The lowest BCUT2D eigenvalue weighted by atomic mass is 10.5. The van der Waals surface area contributed by atoms with Crippen LogP contribution < -0.4 is 10.9 Å². The monoisotopic (exact) mass is 182 g/mol. The second-order valence-corrected chi connectivity index (χ2v) is 2.08. The number of hydrazine groups is 1. The van der Waals surface area contributed by atoms with Crippen molar-refractivity contribution in [3.63, 3.8) is 0 Å². The van der Waals surface area contributed by atoms with Gasteiger partial charge in [-0.25, -0.2) is 10.2 Å². The Labute approximate surface area is 75.3 Å². The van der Waals surface area contributed by atoms with Crippen LogP contribution in [-0.2, 0) is 4.74 Å². The molecule has 0 aromatic carbocycles. The maximum atomic E-state index is 10.8. The highest BCUT2D eigenvalue weighted by atomic mass is 16.5. The Bertz CT molecular complexity index is 264. The summed E-state index contributed by atoms with van der Waals surface area (Å²) < 4.78 is 4.60. The number of carbonyl (C=O) groups is 1. The summed E-state index contributed by atoms with van der Waals surface area (Å²) in [7, 11) is 0. The molecule has 1 aromatic rings. The second kappa shape index (κ2) is 4.91. The summed E-state index contributed by atoms with van der Waals surface area (Å²) in [5, 5.41) is 7.28. The van der Waals surface area contributed by atoms with E-state index in [1.165, 1.54) is 6.20 Å². The van der Waals surface area contributed by atoms with Crippen molar-refractivity contribution in [2.45, 2.75) is 6.92 Å². The van der Waals surface area contributed by atoms with Gasteiger partial charge < -0.3 is 4.74 Å². The number of hydrogen-bond donors (Lipinski definition) is 2. The van der Waals surface area contributed by atoms with E-state index in [1.54, 1.807) is 19.1 Å². The van der Waals surface area contributed by atoms with Gasteiger partial charge in [0.15, 0.2) is 5.82 Å². The summed E-state index contributed by atoms with van der Waals surface area (Å²) in [5.41, 5.74) is 4.82. The molecule has 13 heavy (non-hydrogen) atoms. The Balaban J connectivity index is 2.31. The summed E-state index contributed by atoms with van der Waals surface area (Å²) >= 11 is 0. The third-order valence-corrected chi connectivity index (χ3v) is 1.14. The van der Waals surface area contributed by atoms with E-state index in [-0.39, 0.29) is 0 Å². The van der Waals surface area contributed by atoms with Gasteiger partial charge in [-0.05, 0) is 19.1 Å². The van der Waals surface area contributed by atoms with E-state index in [0.717, 1.165) is 0 Å². The van der Waals surface area contributed by atoms with Crippen LogP contribution in [0.1, 0.15) is 6.92 Å². The first kappa shape index (κ1) is 9.24. The molecule has 6 heteroatoms. The fourth-order valence-corrected chi connectivity index (χ4v) is 0.650. The van der Waals surface area contributed by atoms with Crippen LogP contribution in [0.3, 0.4) is 0 Å². The molecule has 70 valence electrons. The fraction of sp³-hybridized carbons (Fsp3) is 0.286. The van der Waals surface area contributed by atoms with Crippen LogP contribution in [0.5, 0.6) is 0 Å². The van der Waals surface area contributed by atoms with Crippen molar-refractivity contribution in [2.24, 2.45) is 0 Å². The van der Waals surface area contributed by atoms with E-state index in [0.29, 0.717) is 12.4 Å². The van der Waals surface area contributed by atoms with Crippen LogP contribution in [0.15, 0.2) is 18.3 Å². The minimum atomic E-state index is -0.548. The third kappa shape index (κ3) is 3.37. The first-order chi connectivity index (χ1) is 6.33. The van der Waals surface area contributed by atoms with E-state index in [4.69, 9.17) is 0 Å². The first-order valence-electron chi connectivity index (χ1n) is 3.79.